The lowest BCUT2D eigenvalue weighted by molar-refractivity contribution is 0.397. The highest BCUT2D eigenvalue weighted by molar-refractivity contribution is 7.80. The van der Waals surface area contributed by atoms with E-state index in [1.807, 2.05) is 37.3 Å². The Morgan fingerprint density at radius 1 is 1.35 bits per heavy atom. The van der Waals surface area contributed by atoms with Crippen LogP contribution in [0.4, 0.5) is 5.69 Å². The van der Waals surface area contributed by atoms with Gasteiger partial charge in [-0.05, 0) is 36.2 Å². The first-order valence-electron chi connectivity index (χ1n) is 6.23. The number of hydrogen-bond donors (Lipinski definition) is 2. The monoisotopic (exact) mass is 287 g/mol. The van der Waals surface area contributed by atoms with Gasteiger partial charge in [-0.1, -0.05) is 18.3 Å². The molecule has 0 spiro atoms. The van der Waals surface area contributed by atoms with E-state index in [2.05, 4.69) is 10.3 Å². The molecule has 0 bridgehead atoms. The van der Waals surface area contributed by atoms with Crippen molar-refractivity contribution in [2.24, 2.45) is 5.73 Å². The molecule has 2 rings (SSSR count). The first kappa shape index (κ1) is 14.3. The molecule has 0 fully saturated rings. The Morgan fingerprint density at radius 3 is 2.70 bits per heavy atom. The van der Waals surface area contributed by atoms with Gasteiger partial charge in [-0.25, -0.2) is 4.98 Å². The predicted octanol–water partition coefficient (Wildman–Crippen LogP) is 2.64. The molecule has 3 N–H and O–H groups in total. The molecule has 2 aromatic rings. The van der Waals surface area contributed by atoms with Crippen molar-refractivity contribution in [2.45, 2.75) is 13.5 Å². The number of anilines is 1. The van der Waals surface area contributed by atoms with Crippen LogP contribution in [-0.2, 0) is 6.54 Å². The summed E-state index contributed by atoms with van der Waals surface area (Å²) in [6.45, 7) is 2.69. The van der Waals surface area contributed by atoms with E-state index in [9.17, 15) is 0 Å². The molecule has 1 aromatic carbocycles. The third-order valence-electron chi connectivity index (χ3n) is 3.00. The van der Waals surface area contributed by atoms with Crippen LogP contribution in [0.25, 0.3) is 0 Å². The van der Waals surface area contributed by atoms with E-state index >= 15 is 0 Å². The van der Waals surface area contributed by atoms with E-state index in [4.69, 9.17) is 22.7 Å². The Bertz CT molecular complexity index is 611. The summed E-state index contributed by atoms with van der Waals surface area (Å²) in [6, 6.07) is 9.77. The lowest BCUT2D eigenvalue weighted by Gasteiger charge is -2.10. The summed E-state index contributed by atoms with van der Waals surface area (Å²) in [6.07, 6.45) is 1.79. The van der Waals surface area contributed by atoms with Gasteiger partial charge in [0.1, 0.15) is 4.99 Å². The third-order valence-corrected chi connectivity index (χ3v) is 3.22. The van der Waals surface area contributed by atoms with Crippen LogP contribution >= 0.6 is 12.2 Å². The molecule has 0 aliphatic carbocycles. The van der Waals surface area contributed by atoms with Crippen molar-refractivity contribution in [1.82, 2.24) is 4.98 Å². The number of nitrogens with zero attached hydrogens (tertiary/aromatic N) is 1. The summed E-state index contributed by atoms with van der Waals surface area (Å²) in [5.41, 5.74) is 9.74. The van der Waals surface area contributed by atoms with Crippen LogP contribution in [0.5, 0.6) is 5.88 Å². The van der Waals surface area contributed by atoms with Crippen LogP contribution in [0.1, 0.15) is 16.7 Å². The Morgan fingerprint density at radius 2 is 2.15 bits per heavy atom. The number of benzene rings is 1. The number of rotatable bonds is 5. The number of pyridine rings is 1. The lowest BCUT2D eigenvalue weighted by Crippen LogP contribution is -2.11. The van der Waals surface area contributed by atoms with E-state index in [1.54, 1.807) is 13.3 Å². The number of nitrogens with one attached hydrogen (secondary N) is 1. The van der Waals surface area contributed by atoms with Crippen molar-refractivity contribution in [3.8, 4) is 5.88 Å². The van der Waals surface area contributed by atoms with Crippen molar-refractivity contribution in [3.05, 3.63) is 53.2 Å². The minimum absolute atomic E-state index is 0.424. The Kier molecular flexibility index (Phi) is 4.53. The fraction of sp³-hybridized carbons (Fsp3) is 0.200. The summed E-state index contributed by atoms with van der Waals surface area (Å²) in [5.74, 6) is 0.616. The zero-order chi connectivity index (χ0) is 14.5. The molecule has 0 saturated carbocycles. The predicted molar refractivity (Wildman–Crippen MR) is 85.2 cm³/mol. The molecule has 1 aromatic heterocycles. The zero-order valence-electron chi connectivity index (χ0n) is 11.5. The first-order valence-corrected chi connectivity index (χ1v) is 6.64. The maximum atomic E-state index is 5.65. The fourth-order valence-electron chi connectivity index (χ4n) is 1.89. The third kappa shape index (κ3) is 3.45. The number of aromatic nitrogens is 1. The quantitative estimate of drug-likeness (QED) is 0.828. The van der Waals surface area contributed by atoms with Crippen molar-refractivity contribution >= 4 is 22.9 Å². The second-order valence-electron chi connectivity index (χ2n) is 4.46. The van der Waals surface area contributed by atoms with Gasteiger partial charge < -0.3 is 15.8 Å². The SMILES string of the molecule is COc1ccc(CNc2ccc(C(N)=S)c(C)c2)cn1. The van der Waals surface area contributed by atoms with Gasteiger partial charge >= 0.3 is 0 Å². The Balaban J connectivity index is 2.03. The lowest BCUT2D eigenvalue weighted by atomic mass is 10.1. The normalized spacial score (nSPS) is 10.1. The van der Waals surface area contributed by atoms with Crippen molar-refractivity contribution in [2.75, 3.05) is 12.4 Å². The molecule has 0 atom stereocenters. The van der Waals surface area contributed by atoms with Crippen molar-refractivity contribution in [1.29, 1.82) is 0 Å². The fourth-order valence-corrected chi connectivity index (χ4v) is 2.12. The molecule has 0 saturated heterocycles. The minimum atomic E-state index is 0.424. The van der Waals surface area contributed by atoms with Gasteiger partial charge in [0.05, 0.1) is 7.11 Å². The molecule has 0 aliphatic rings. The van der Waals surface area contributed by atoms with Crippen LogP contribution in [-0.4, -0.2) is 17.1 Å². The van der Waals surface area contributed by atoms with E-state index in [0.717, 1.165) is 22.4 Å². The maximum absolute atomic E-state index is 5.65. The molecule has 0 aliphatic heterocycles. The summed E-state index contributed by atoms with van der Waals surface area (Å²) < 4.78 is 5.03. The van der Waals surface area contributed by atoms with Crippen LogP contribution in [0.2, 0.25) is 0 Å². The van der Waals surface area contributed by atoms with Gasteiger partial charge in [0.15, 0.2) is 0 Å². The number of methoxy groups -OCH3 is 1. The van der Waals surface area contributed by atoms with E-state index < -0.39 is 0 Å². The summed E-state index contributed by atoms with van der Waals surface area (Å²) >= 11 is 4.99. The average molecular weight is 287 g/mol. The van der Waals surface area contributed by atoms with Crippen LogP contribution in [0.3, 0.4) is 0 Å². The van der Waals surface area contributed by atoms with Gasteiger partial charge in [0.25, 0.3) is 0 Å². The number of thiocarbonyl (C=S) groups is 1. The van der Waals surface area contributed by atoms with Gasteiger partial charge in [-0.15, -0.1) is 0 Å². The summed E-state index contributed by atoms with van der Waals surface area (Å²) in [7, 11) is 1.60. The molecule has 20 heavy (non-hydrogen) atoms. The second kappa shape index (κ2) is 6.34. The van der Waals surface area contributed by atoms with Crippen molar-refractivity contribution < 1.29 is 4.74 Å². The number of nitrogens with two attached hydrogens (primary N) is 1. The van der Waals surface area contributed by atoms with Gasteiger partial charge in [-0.3, -0.25) is 0 Å². The zero-order valence-corrected chi connectivity index (χ0v) is 12.3. The van der Waals surface area contributed by atoms with E-state index in [1.165, 1.54) is 0 Å². The van der Waals surface area contributed by atoms with Gasteiger partial charge in [0, 0.05) is 30.1 Å². The molecule has 5 heteroatoms. The van der Waals surface area contributed by atoms with E-state index in [-0.39, 0.29) is 0 Å². The highest BCUT2D eigenvalue weighted by Gasteiger charge is 2.02. The Hall–Kier alpha value is -2.14. The molecule has 0 amide bonds. The number of hydrogen-bond acceptors (Lipinski definition) is 4. The maximum Gasteiger partial charge on any atom is 0.212 e. The first-order chi connectivity index (χ1) is 9.60. The largest absolute Gasteiger partial charge is 0.481 e. The van der Waals surface area contributed by atoms with Crippen LogP contribution in [0.15, 0.2) is 36.5 Å². The number of aryl methyl sites for hydroxylation is 1. The van der Waals surface area contributed by atoms with Crippen LogP contribution in [0, 0.1) is 6.92 Å². The molecular weight excluding hydrogens is 270 g/mol. The highest BCUT2D eigenvalue weighted by Crippen LogP contribution is 2.16. The molecule has 0 radical (unpaired) electrons. The second-order valence-corrected chi connectivity index (χ2v) is 4.90. The standard InChI is InChI=1S/C15H17N3OS/c1-10-7-12(4-5-13(10)15(16)20)17-8-11-3-6-14(19-2)18-9-11/h3-7,9,17H,8H2,1-2H3,(H2,16,20). The van der Waals surface area contributed by atoms with Gasteiger partial charge in [0.2, 0.25) is 5.88 Å². The smallest absolute Gasteiger partial charge is 0.212 e. The van der Waals surface area contributed by atoms with Crippen molar-refractivity contribution in [3.63, 3.8) is 0 Å². The Labute approximate surface area is 124 Å². The number of ether oxygens (including phenoxy) is 1. The molecule has 1 heterocycles. The van der Waals surface area contributed by atoms with E-state index in [0.29, 0.717) is 17.4 Å². The summed E-state index contributed by atoms with van der Waals surface area (Å²) in [4.78, 5) is 4.59. The van der Waals surface area contributed by atoms with Crippen LogP contribution < -0.4 is 15.8 Å². The van der Waals surface area contributed by atoms with Gasteiger partial charge in [-0.2, -0.15) is 0 Å². The molecular formula is C15H17N3OS. The summed E-state index contributed by atoms with van der Waals surface area (Å²) in [5, 5.41) is 3.34. The highest BCUT2D eigenvalue weighted by atomic mass is 32.1. The topological polar surface area (TPSA) is 60.2 Å². The average Bonchev–Trinajstić information content (AvgIpc) is 2.45. The molecule has 104 valence electrons. The molecule has 4 nitrogen and oxygen atoms in total. The molecule has 0 unspecified atom stereocenters. The minimum Gasteiger partial charge on any atom is -0.481 e.